The molecular formula is C23H36O. The number of allylic oxidation sites excluding steroid dienone is 2. The third kappa shape index (κ3) is 2.36. The van der Waals surface area contributed by atoms with Crippen LogP contribution < -0.4 is 0 Å². The Bertz CT molecular complexity index is 548. The maximum atomic E-state index is 11.4. The normalized spacial score (nSPS) is 51.1. The van der Waals surface area contributed by atoms with Crippen LogP contribution in [0, 0.1) is 46.3 Å². The quantitative estimate of drug-likeness (QED) is 0.454. The van der Waals surface area contributed by atoms with Crippen LogP contribution in [0.1, 0.15) is 79.1 Å². The minimum Gasteiger partial charge on any atom is -0.303 e. The monoisotopic (exact) mass is 328 g/mol. The van der Waals surface area contributed by atoms with E-state index in [1.54, 1.807) is 5.57 Å². The van der Waals surface area contributed by atoms with Gasteiger partial charge >= 0.3 is 0 Å². The number of rotatable bonds is 4. The van der Waals surface area contributed by atoms with Crippen LogP contribution in [-0.4, -0.2) is 6.29 Å². The van der Waals surface area contributed by atoms with Gasteiger partial charge in [-0.25, -0.2) is 0 Å². The number of aldehydes is 1. The minimum absolute atomic E-state index is 0.235. The predicted molar refractivity (Wildman–Crippen MR) is 99.6 cm³/mol. The van der Waals surface area contributed by atoms with Crippen molar-refractivity contribution < 1.29 is 4.79 Å². The molecule has 4 aliphatic carbocycles. The van der Waals surface area contributed by atoms with Crippen LogP contribution in [0.3, 0.4) is 0 Å². The van der Waals surface area contributed by atoms with E-state index in [1.165, 1.54) is 57.7 Å². The first-order valence-electron chi connectivity index (χ1n) is 10.6. The third-order valence-electron chi connectivity index (χ3n) is 8.95. The van der Waals surface area contributed by atoms with Crippen molar-refractivity contribution in [2.75, 3.05) is 0 Å². The lowest BCUT2D eigenvalue weighted by molar-refractivity contribution is -0.113. The van der Waals surface area contributed by atoms with Crippen LogP contribution in [-0.2, 0) is 4.79 Å². The van der Waals surface area contributed by atoms with Crippen molar-refractivity contribution in [2.45, 2.75) is 79.1 Å². The molecule has 0 spiro atoms. The van der Waals surface area contributed by atoms with Gasteiger partial charge in [-0.3, -0.25) is 0 Å². The molecule has 0 aromatic heterocycles. The zero-order valence-electron chi connectivity index (χ0n) is 16.2. The lowest BCUT2D eigenvalue weighted by Gasteiger charge is -2.44. The van der Waals surface area contributed by atoms with E-state index < -0.39 is 0 Å². The van der Waals surface area contributed by atoms with Gasteiger partial charge in [0.05, 0.1) is 0 Å². The van der Waals surface area contributed by atoms with E-state index in [1.807, 2.05) is 0 Å². The number of fused-ring (bicyclic) bond motifs is 2. The largest absolute Gasteiger partial charge is 0.303 e. The summed E-state index contributed by atoms with van der Waals surface area (Å²) in [5.41, 5.74) is 2.83. The summed E-state index contributed by atoms with van der Waals surface area (Å²) >= 11 is 0. The van der Waals surface area contributed by atoms with Gasteiger partial charge in [0.2, 0.25) is 0 Å². The first-order chi connectivity index (χ1) is 11.4. The summed E-state index contributed by atoms with van der Waals surface area (Å²) in [6.45, 7) is 9.62. The van der Waals surface area contributed by atoms with Crippen molar-refractivity contribution in [3.8, 4) is 0 Å². The van der Waals surface area contributed by atoms with Gasteiger partial charge in [0.25, 0.3) is 0 Å². The highest BCUT2D eigenvalue weighted by Crippen LogP contribution is 2.70. The minimum atomic E-state index is 0.235. The molecule has 1 nitrogen and oxygen atoms in total. The van der Waals surface area contributed by atoms with Crippen molar-refractivity contribution in [3.63, 3.8) is 0 Å². The Balaban J connectivity index is 1.55. The van der Waals surface area contributed by atoms with Gasteiger partial charge in [0.15, 0.2) is 0 Å². The number of carbonyl (C=O) groups is 1. The van der Waals surface area contributed by atoms with Crippen LogP contribution in [0.2, 0.25) is 0 Å². The van der Waals surface area contributed by atoms with Crippen molar-refractivity contribution in [1.29, 1.82) is 0 Å². The number of carbonyl (C=O) groups excluding carboxylic acids is 1. The van der Waals surface area contributed by atoms with Gasteiger partial charge in [-0.05, 0) is 91.8 Å². The molecule has 0 bridgehead atoms. The maximum Gasteiger partial charge on any atom is 0.123 e. The second-order valence-corrected chi connectivity index (χ2v) is 10.3. The van der Waals surface area contributed by atoms with Gasteiger partial charge in [-0.2, -0.15) is 0 Å². The summed E-state index contributed by atoms with van der Waals surface area (Å²) in [7, 11) is 0. The highest BCUT2D eigenvalue weighted by Gasteiger charge is 2.61. The molecule has 0 N–H and O–H groups in total. The highest BCUT2D eigenvalue weighted by molar-refractivity contribution is 5.54. The zero-order valence-corrected chi connectivity index (χ0v) is 16.2. The lowest BCUT2D eigenvalue weighted by Crippen LogP contribution is -2.36. The Morgan fingerprint density at radius 3 is 2.67 bits per heavy atom. The smallest absolute Gasteiger partial charge is 0.123 e. The van der Waals surface area contributed by atoms with Crippen LogP contribution in [0.4, 0.5) is 0 Å². The van der Waals surface area contributed by atoms with E-state index in [0.29, 0.717) is 16.7 Å². The topological polar surface area (TPSA) is 17.1 Å². The Kier molecular flexibility index (Phi) is 4.01. The first kappa shape index (κ1) is 16.9. The van der Waals surface area contributed by atoms with E-state index in [9.17, 15) is 4.79 Å². The molecule has 0 heterocycles. The third-order valence-corrected chi connectivity index (χ3v) is 8.95. The molecule has 1 heteroatoms. The molecule has 4 saturated carbocycles. The van der Waals surface area contributed by atoms with E-state index >= 15 is 0 Å². The fraction of sp³-hybridized carbons (Fsp3) is 0.870. The Morgan fingerprint density at radius 2 is 2.00 bits per heavy atom. The summed E-state index contributed by atoms with van der Waals surface area (Å²) in [5.74, 6) is 4.35. The molecule has 24 heavy (non-hydrogen) atoms. The standard InChI is InChI=1S/C23H36O/c1-15-10-19-13-23(19,12-15)17(3)11-18-6-5-9-22(4)20(16(2)14-24)7-8-21(18)22/h11,14-17,19-21H,5-10,12-13H2,1-4H3. The van der Waals surface area contributed by atoms with Crippen molar-refractivity contribution in [2.24, 2.45) is 46.3 Å². The summed E-state index contributed by atoms with van der Waals surface area (Å²) < 4.78 is 0. The fourth-order valence-electron chi connectivity index (χ4n) is 7.65. The van der Waals surface area contributed by atoms with Crippen molar-refractivity contribution in [1.82, 2.24) is 0 Å². The van der Waals surface area contributed by atoms with Crippen molar-refractivity contribution >= 4 is 6.29 Å². The van der Waals surface area contributed by atoms with Gasteiger partial charge < -0.3 is 4.79 Å². The first-order valence-corrected chi connectivity index (χ1v) is 10.6. The molecule has 0 aliphatic heterocycles. The molecule has 0 amide bonds. The summed E-state index contributed by atoms with van der Waals surface area (Å²) in [4.78, 5) is 11.4. The summed E-state index contributed by atoms with van der Waals surface area (Å²) in [6, 6.07) is 0. The molecule has 0 aromatic carbocycles. The SMILES string of the molecule is CC1CC2CC2(C(C)C=C2CCCC3(C)C2CCC3C(C)C=O)C1. The molecule has 8 unspecified atom stereocenters. The van der Waals surface area contributed by atoms with E-state index in [0.717, 1.165) is 23.7 Å². The Hall–Kier alpha value is -0.590. The van der Waals surface area contributed by atoms with Crippen LogP contribution >= 0.6 is 0 Å². The molecule has 0 radical (unpaired) electrons. The Morgan fingerprint density at radius 1 is 1.21 bits per heavy atom. The van der Waals surface area contributed by atoms with Crippen molar-refractivity contribution in [3.05, 3.63) is 11.6 Å². The second-order valence-electron chi connectivity index (χ2n) is 10.3. The molecule has 0 saturated heterocycles. The van der Waals surface area contributed by atoms with Gasteiger partial charge in [-0.1, -0.05) is 39.3 Å². The molecule has 0 aromatic rings. The maximum absolute atomic E-state index is 11.4. The van der Waals surface area contributed by atoms with Crippen LogP contribution in [0.5, 0.6) is 0 Å². The molecule has 4 fully saturated rings. The summed E-state index contributed by atoms with van der Waals surface area (Å²) in [6.07, 6.45) is 15.0. The molecule has 4 rings (SSSR count). The lowest BCUT2D eigenvalue weighted by atomic mass is 9.61. The average Bonchev–Trinajstić information content (AvgIpc) is 2.94. The number of hydrogen-bond donors (Lipinski definition) is 0. The zero-order chi connectivity index (χ0) is 17.1. The van der Waals surface area contributed by atoms with E-state index in [-0.39, 0.29) is 5.92 Å². The predicted octanol–water partition coefficient (Wildman–Crippen LogP) is 6.04. The Labute approximate surface area is 148 Å². The van der Waals surface area contributed by atoms with Gasteiger partial charge in [-0.15, -0.1) is 0 Å². The van der Waals surface area contributed by atoms with Gasteiger partial charge in [0.1, 0.15) is 6.29 Å². The van der Waals surface area contributed by atoms with Crippen LogP contribution in [0.15, 0.2) is 11.6 Å². The van der Waals surface area contributed by atoms with E-state index in [2.05, 4.69) is 33.8 Å². The molecule has 8 atom stereocenters. The number of hydrogen-bond acceptors (Lipinski definition) is 1. The highest BCUT2D eigenvalue weighted by atomic mass is 16.1. The van der Waals surface area contributed by atoms with Gasteiger partial charge in [0, 0.05) is 5.92 Å². The molecule has 134 valence electrons. The molecular weight excluding hydrogens is 292 g/mol. The van der Waals surface area contributed by atoms with Crippen LogP contribution in [0.25, 0.3) is 0 Å². The summed E-state index contributed by atoms with van der Waals surface area (Å²) in [5, 5.41) is 0. The van der Waals surface area contributed by atoms with E-state index in [4.69, 9.17) is 0 Å². The fourth-order valence-corrected chi connectivity index (χ4v) is 7.65. The second kappa shape index (κ2) is 5.71. The molecule has 4 aliphatic rings. The average molecular weight is 329 g/mol.